The number of epoxide rings is 1. The van der Waals surface area contributed by atoms with E-state index in [4.69, 9.17) is 4.74 Å². The van der Waals surface area contributed by atoms with Crippen molar-refractivity contribution < 1.29 is 9.53 Å². The first-order chi connectivity index (χ1) is 10.8. The Balaban J connectivity index is 1.42. The molecule has 3 aromatic rings. The Labute approximate surface area is 125 Å². The highest BCUT2D eigenvalue weighted by atomic mass is 16.6. The molecule has 0 radical (unpaired) electrons. The molecule has 1 aromatic carbocycles. The van der Waals surface area contributed by atoms with E-state index >= 15 is 0 Å². The van der Waals surface area contributed by atoms with Crippen LogP contribution in [0.3, 0.4) is 0 Å². The summed E-state index contributed by atoms with van der Waals surface area (Å²) in [5.74, 6) is -0.238. The van der Waals surface area contributed by atoms with Crippen molar-refractivity contribution in [3.05, 3.63) is 41.9 Å². The number of rotatable bonds is 5. The molecule has 4 rings (SSSR count). The molecule has 0 bridgehead atoms. The first-order valence-electron chi connectivity index (χ1n) is 7.01. The summed E-state index contributed by atoms with van der Waals surface area (Å²) in [6.45, 7) is 1.79. The van der Waals surface area contributed by atoms with Crippen molar-refractivity contribution in [1.82, 2.24) is 30.5 Å². The lowest BCUT2D eigenvalue weighted by molar-refractivity contribution is 0.0947. The van der Waals surface area contributed by atoms with Crippen LogP contribution in [0.25, 0.3) is 10.9 Å². The number of hydrogen-bond acceptors (Lipinski definition) is 5. The summed E-state index contributed by atoms with van der Waals surface area (Å²) in [7, 11) is 0. The number of H-pyrrole nitrogens is 1. The van der Waals surface area contributed by atoms with Crippen LogP contribution in [-0.2, 0) is 17.8 Å². The van der Waals surface area contributed by atoms with Gasteiger partial charge < -0.3 is 10.1 Å². The van der Waals surface area contributed by atoms with Crippen LogP contribution >= 0.6 is 0 Å². The highest BCUT2D eigenvalue weighted by molar-refractivity contribution is 6.04. The smallest absolute Gasteiger partial charge is 0.272 e. The van der Waals surface area contributed by atoms with E-state index in [0.29, 0.717) is 24.5 Å². The predicted molar refractivity (Wildman–Crippen MR) is 77.0 cm³/mol. The van der Waals surface area contributed by atoms with Gasteiger partial charge in [0.15, 0.2) is 5.69 Å². The number of nitrogens with one attached hydrogen (secondary N) is 2. The van der Waals surface area contributed by atoms with Crippen molar-refractivity contribution in [3.63, 3.8) is 0 Å². The average Bonchev–Trinajstić information content (AvgIpc) is 3.07. The van der Waals surface area contributed by atoms with Gasteiger partial charge in [-0.05, 0) is 6.07 Å². The number of benzene rings is 1. The minimum absolute atomic E-state index is 0.238. The Morgan fingerprint density at radius 2 is 2.32 bits per heavy atom. The maximum Gasteiger partial charge on any atom is 0.272 e. The molecule has 1 amide bonds. The molecule has 0 spiro atoms. The van der Waals surface area contributed by atoms with Gasteiger partial charge in [0.05, 0.1) is 31.4 Å². The molecule has 1 aliphatic rings. The molecule has 0 aliphatic carbocycles. The lowest BCUT2D eigenvalue weighted by Crippen LogP contribution is -2.23. The highest BCUT2D eigenvalue weighted by Crippen LogP contribution is 2.15. The first-order valence-corrected chi connectivity index (χ1v) is 7.01. The molecule has 2 aromatic heterocycles. The van der Waals surface area contributed by atoms with Gasteiger partial charge in [0.2, 0.25) is 0 Å². The number of nitrogens with zero attached hydrogens (tertiary/aromatic N) is 4. The lowest BCUT2D eigenvalue weighted by atomic mass is 10.2. The molecule has 1 saturated heterocycles. The Morgan fingerprint density at radius 1 is 1.45 bits per heavy atom. The van der Waals surface area contributed by atoms with E-state index in [1.807, 2.05) is 30.5 Å². The van der Waals surface area contributed by atoms with Gasteiger partial charge in [0.25, 0.3) is 5.91 Å². The standard InChI is InChI=1S/C14H14N6O2/c21-14(13-11-3-1-2-4-12(11)17-18-13)15-5-9-6-20(19-16-9)7-10-8-22-10/h1-4,6,10H,5,7-8H2,(H,15,21)(H,17,18)/t10-/m0/s1. The molecule has 22 heavy (non-hydrogen) atoms. The number of hydrogen-bond donors (Lipinski definition) is 2. The summed E-state index contributed by atoms with van der Waals surface area (Å²) in [6, 6.07) is 7.51. The molecule has 1 aliphatic heterocycles. The van der Waals surface area contributed by atoms with Crippen LogP contribution < -0.4 is 5.32 Å². The zero-order valence-corrected chi connectivity index (χ0v) is 11.7. The summed E-state index contributed by atoms with van der Waals surface area (Å²) < 4.78 is 6.86. The molecule has 2 N–H and O–H groups in total. The van der Waals surface area contributed by atoms with Gasteiger partial charge in [-0.25, -0.2) is 4.68 Å². The molecule has 3 heterocycles. The van der Waals surface area contributed by atoms with Crippen molar-refractivity contribution in [2.24, 2.45) is 0 Å². The molecule has 0 unspecified atom stereocenters. The SMILES string of the molecule is O=C(NCc1cn(C[C@H]2CO2)nn1)c1n[nH]c2ccccc12. The van der Waals surface area contributed by atoms with E-state index in [1.165, 1.54) is 0 Å². The van der Waals surface area contributed by atoms with Gasteiger partial charge in [-0.15, -0.1) is 5.10 Å². The van der Waals surface area contributed by atoms with Crippen LogP contribution in [-0.4, -0.2) is 43.8 Å². The molecule has 1 fully saturated rings. The Morgan fingerprint density at radius 3 is 3.18 bits per heavy atom. The number of aromatic amines is 1. The van der Waals surface area contributed by atoms with E-state index in [-0.39, 0.29) is 12.0 Å². The number of fused-ring (bicyclic) bond motifs is 1. The van der Waals surface area contributed by atoms with E-state index < -0.39 is 0 Å². The Bertz CT molecular complexity index is 819. The van der Waals surface area contributed by atoms with Crippen molar-refractivity contribution in [2.75, 3.05) is 6.61 Å². The summed E-state index contributed by atoms with van der Waals surface area (Å²) >= 11 is 0. The van der Waals surface area contributed by atoms with E-state index in [1.54, 1.807) is 4.68 Å². The lowest BCUT2D eigenvalue weighted by Gasteiger charge is -2.00. The van der Waals surface area contributed by atoms with Crippen LogP contribution in [0.5, 0.6) is 0 Å². The normalized spacial score (nSPS) is 16.8. The third-order valence-corrected chi connectivity index (χ3v) is 3.49. The molecule has 112 valence electrons. The summed E-state index contributed by atoms with van der Waals surface area (Å²) in [5, 5.41) is 18.5. The zero-order chi connectivity index (χ0) is 14.9. The van der Waals surface area contributed by atoms with Crippen molar-refractivity contribution >= 4 is 16.8 Å². The van der Waals surface area contributed by atoms with Gasteiger partial charge in [0.1, 0.15) is 11.8 Å². The minimum Gasteiger partial charge on any atom is -0.371 e. The second-order valence-corrected chi connectivity index (χ2v) is 5.19. The van der Waals surface area contributed by atoms with E-state index in [0.717, 1.165) is 17.5 Å². The minimum atomic E-state index is -0.238. The quantitative estimate of drug-likeness (QED) is 0.667. The van der Waals surface area contributed by atoms with Gasteiger partial charge in [0, 0.05) is 5.39 Å². The van der Waals surface area contributed by atoms with Crippen LogP contribution in [0.15, 0.2) is 30.5 Å². The summed E-state index contributed by atoms with van der Waals surface area (Å²) in [6.07, 6.45) is 2.06. The number of amides is 1. The first kappa shape index (κ1) is 13.0. The maximum atomic E-state index is 12.2. The predicted octanol–water partition coefficient (Wildman–Crippen LogP) is 0.483. The van der Waals surface area contributed by atoms with E-state index in [2.05, 4.69) is 25.8 Å². The Hall–Kier alpha value is -2.74. The third kappa shape index (κ3) is 2.56. The third-order valence-electron chi connectivity index (χ3n) is 3.49. The van der Waals surface area contributed by atoms with Crippen LogP contribution in [0.4, 0.5) is 0 Å². The molecular weight excluding hydrogens is 284 g/mol. The highest BCUT2D eigenvalue weighted by Gasteiger charge is 2.23. The van der Waals surface area contributed by atoms with Gasteiger partial charge in [-0.3, -0.25) is 9.89 Å². The molecule has 8 nitrogen and oxygen atoms in total. The summed E-state index contributed by atoms with van der Waals surface area (Å²) in [4.78, 5) is 12.2. The monoisotopic (exact) mass is 298 g/mol. The fourth-order valence-corrected chi connectivity index (χ4v) is 2.28. The fourth-order valence-electron chi connectivity index (χ4n) is 2.28. The molecule has 8 heteroatoms. The van der Waals surface area contributed by atoms with Gasteiger partial charge in [-0.1, -0.05) is 23.4 Å². The van der Waals surface area contributed by atoms with Crippen molar-refractivity contribution in [2.45, 2.75) is 19.2 Å². The Kier molecular flexibility index (Phi) is 3.08. The number of carbonyl (C=O) groups excluding carboxylic acids is 1. The van der Waals surface area contributed by atoms with E-state index in [9.17, 15) is 4.79 Å². The molecular formula is C14H14N6O2. The van der Waals surface area contributed by atoms with Gasteiger partial charge in [-0.2, -0.15) is 5.10 Å². The zero-order valence-electron chi connectivity index (χ0n) is 11.7. The van der Waals surface area contributed by atoms with Crippen molar-refractivity contribution in [3.8, 4) is 0 Å². The second-order valence-electron chi connectivity index (χ2n) is 5.19. The van der Waals surface area contributed by atoms with Crippen LogP contribution in [0.2, 0.25) is 0 Å². The topological polar surface area (TPSA) is 101 Å². The number of ether oxygens (including phenoxy) is 1. The number of carbonyl (C=O) groups is 1. The van der Waals surface area contributed by atoms with Gasteiger partial charge >= 0.3 is 0 Å². The second kappa shape index (κ2) is 5.23. The largest absolute Gasteiger partial charge is 0.371 e. The molecule has 0 saturated carbocycles. The summed E-state index contributed by atoms with van der Waals surface area (Å²) in [5.41, 5.74) is 1.92. The fraction of sp³-hybridized carbons (Fsp3) is 0.286. The number of para-hydroxylation sites is 1. The van der Waals surface area contributed by atoms with Crippen LogP contribution in [0, 0.1) is 0 Å². The average molecular weight is 298 g/mol. The van der Waals surface area contributed by atoms with Crippen LogP contribution in [0.1, 0.15) is 16.2 Å². The molecule has 1 atom stereocenters. The number of aromatic nitrogens is 5. The van der Waals surface area contributed by atoms with Crippen molar-refractivity contribution in [1.29, 1.82) is 0 Å². The maximum absolute atomic E-state index is 12.2.